The Kier molecular flexibility index (Phi) is 3.85. The number of hydrogen-bond donors (Lipinski definition) is 2. The molecule has 0 unspecified atom stereocenters. The van der Waals surface area contributed by atoms with Crippen LogP contribution >= 0.6 is 15.9 Å². The second-order valence-corrected chi connectivity index (χ2v) is 5.13. The Morgan fingerprint density at radius 2 is 2.00 bits per heavy atom. The third-order valence-corrected chi connectivity index (χ3v) is 3.01. The molecule has 2 rings (SSSR count). The molecule has 0 atom stereocenters. The number of amides is 1. The summed E-state index contributed by atoms with van der Waals surface area (Å²) in [6, 6.07) is 9.38. The maximum atomic E-state index is 13.6. The number of nitrogens with two attached hydrogens (primary N) is 1. The molecule has 0 heterocycles. The Morgan fingerprint density at radius 3 is 2.68 bits per heavy atom. The molecular formula is C14H12BrFN2O. The zero-order valence-electron chi connectivity index (χ0n) is 10.2. The van der Waals surface area contributed by atoms with E-state index in [-0.39, 0.29) is 5.69 Å². The van der Waals surface area contributed by atoms with E-state index in [9.17, 15) is 9.18 Å². The lowest BCUT2D eigenvalue weighted by atomic mass is 10.1. The summed E-state index contributed by atoms with van der Waals surface area (Å²) in [7, 11) is 0. The van der Waals surface area contributed by atoms with Gasteiger partial charge in [0.15, 0.2) is 0 Å². The van der Waals surface area contributed by atoms with Crippen LogP contribution in [0.3, 0.4) is 0 Å². The van der Waals surface area contributed by atoms with E-state index in [1.54, 1.807) is 24.3 Å². The molecule has 0 fully saturated rings. The molecule has 5 heteroatoms. The van der Waals surface area contributed by atoms with Crippen LogP contribution in [0, 0.1) is 12.7 Å². The summed E-state index contributed by atoms with van der Waals surface area (Å²) < 4.78 is 14.3. The van der Waals surface area contributed by atoms with Crippen LogP contribution in [0.15, 0.2) is 40.9 Å². The van der Waals surface area contributed by atoms with Crippen molar-refractivity contribution >= 4 is 33.2 Å². The molecule has 0 bridgehead atoms. The molecule has 2 aromatic carbocycles. The normalized spacial score (nSPS) is 10.3. The second-order valence-electron chi connectivity index (χ2n) is 4.21. The molecule has 0 spiro atoms. The predicted molar refractivity (Wildman–Crippen MR) is 77.6 cm³/mol. The minimum absolute atomic E-state index is 0.156. The predicted octanol–water partition coefficient (Wildman–Crippen LogP) is 3.73. The van der Waals surface area contributed by atoms with Crippen LogP contribution in [0.25, 0.3) is 0 Å². The van der Waals surface area contributed by atoms with Crippen LogP contribution in [0.2, 0.25) is 0 Å². The molecule has 0 saturated carbocycles. The lowest BCUT2D eigenvalue weighted by Gasteiger charge is -2.08. The van der Waals surface area contributed by atoms with Gasteiger partial charge in [-0.1, -0.05) is 22.0 Å². The summed E-state index contributed by atoms with van der Waals surface area (Å²) in [5, 5.41) is 2.53. The van der Waals surface area contributed by atoms with Crippen molar-refractivity contribution < 1.29 is 9.18 Å². The van der Waals surface area contributed by atoms with Crippen LogP contribution in [-0.2, 0) is 0 Å². The van der Waals surface area contributed by atoms with Gasteiger partial charge in [-0.15, -0.1) is 0 Å². The van der Waals surface area contributed by atoms with Crippen LogP contribution in [0.1, 0.15) is 15.9 Å². The maximum Gasteiger partial charge on any atom is 0.255 e. The first-order valence-corrected chi connectivity index (χ1v) is 6.38. The van der Waals surface area contributed by atoms with Crippen LogP contribution in [-0.4, -0.2) is 5.91 Å². The van der Waals surface area contributed by atoms with E-state index in [0.717, 1.165) is 5.56 Å². The quantitative estimate of drug-likeness (QED) is 0.828. The number of nitrogens with one attached hydrogen (secondary N) is 1. The van der Waals surface area contributed by atoms with Crippen molar-refractivity contribution in [1.82, 2.24) is 0 Å². The van der Waals surface area contributed by atoms with Gasteiger partial charge in [0.2, 0.25) is 0 Å². The topological polar surface area (TPSA) is 55.1 Å². The van der Waals surface area contributed by atoms with Crippen molar-refractivity contribution in [3.63, 3.8) is 0 Å². The molecule has 1 amide bonds. The van der Waals surface area contributed by atoms with Crippen LogP contribution < -0.4 is 11.1 Å². The molecule has 2 aromatic rings. The average Bonchev–Trinajstić information content (AvgIpc) is 2.32. The fourth-order valence-electron chi connectivity index (χ4n) is 1.67. The SMILES string of the molecule is Cc1ccc(F)c(NC(=O)c2cc(N)cc(Br)c2)c1. The smallest absolute Gasteiger partial charge is 0.255 e. The van der Waals surface area contributed by atoms with Gasteiger partial charge >= 0.3 is 0 Å². The molecule has 3 nitrogen and oxygen atoms in total. The van der Waals surface area contributed by atoms with Crippen LogP contribution in [0.5, 0.6) is 0 Å². The fraction of sp³-hybridized carbons (Fsp3) is 0.0714. The van der Waals surface area contributed by atoms with E-state index in [0.29, 0.717) is 15.7 Å². The minimum Gasteiger partial charge on any atom is -0.399 e. The number of nitrogen functional groups attached to an aromatic ring is 1. The Hall–Kier alpha value is -1.88. The molecule has 0 aliphatic carbocycles. The molecular weight excluding hydrogens is 311 g/mol. The number of hydrogen-bond acceptors (Lipinski definition) is 2. The van der Waals surface area contributed by atoms with Crippen molar-refractivity contribution in [2.45, 2.75) is 6.92 Å². The maximum absolute atomic E-state index is 13.6. The highest BCUT2D eigenvalue weighted by Gasteiger charge is 2.10. The number of carbonyl (C=O) groups excluding carboxylic acids is 1. The first-order valence-electron chi connectivity index (χ1n) is 5.59. The summed E-state index contributed by atoms with van der Waals surface area (Å²) in [5.74, 6) is -0.876. The highest BCUT2D eigenvalue weighted by molar-refractivity contribution is 9.10. The van der Waals surface area contributed by atoms with Gasteiger partial charge in [-0.2, -0.15) is 0 Å². The summed E-state index contributed by atoms with van der Waals surface area (Å²) in [6.45, 7) is 1.83. The highest BCUT2D eigenvalue weighted by atomic mass is 79.9. The zero-order valence-corrected chi connectivity index (χ0v) is 11.8. The molecule has 0 aliphatic heterocycles. The standard InChI is InChI=1S/C14H12BrFN2O/c1-8-2-3-12(16)13(4-8)18-14(19)9-5-10(15)7-11(17)6-9/h2-7H,17H2,1H3,(H,18,19). The molecule has 19 heavy (non-hydrogen) atoms. The van der Waals surface area contributed by atoms with Gasteiger partial charge < -0.3 is 11.1 Å². The van der Waals surface area contributed by atoms with E-state index < -0.39 is 11.7 Å². The van der Waals surface area contributed by atoms with Crippen molar-refractivity contribution in [3.05, 3.63) is 57.8 Å². The number of halogens is 2. The zero-order chi connectivity index (χ0) is 14.0. The summed E-state index contributed by atoms with van der Waals surface area (Å²) in [5.41, 5.74) is 7.51. The van der Waals surface area contributed by atoms with Crippen LogP contribution in [0.4, 0.5) is 15.8 Å². The molecule has 0 saturated heterocycles. The Morgan fingerprint density at radius 1 is 1.26 bits per heavy atom. The molecule has 0 aromatic heterocycles. The van der Waals surface area contributed by atoms with Crippen molar-refractivity contribution in [2.75, 3.05) is 11.1 Å². The molecule has 3 N–H and O–H groups in total. The van der Waals surface area contributed by atoms with Gasteiger partial charge in [0.1, 0.15) is 5.82 Å². The largest absolute Gasteiger partial charge is 0.399 e. The van der Waals surface area contributed by atoms with Gasteiger partial charge in [-0.05, 0) is 42.8 Å². The first kappa shape index (κ1) is 13.5. The number of anilines is 2. The lowest BCUT2D eigenvalue weighted by molar-refractivity contribution is 0.102. The Bertz CT molecular complexity index is 623. The van der Waals surface area contributed by atoms with Gasteiger partial charge in [-0.3, -0.25) is 4.79 Å². The van der Waals surface area contributed by atoms with Gasteiger partial charge in [0.25, 0.3) is 5.91 Å². The van der Waals surface area contributed by atoms with Gasteiger partial charge in [-0.25, -0.2) is 4.39 Å². The summed E-state index contributed by atoms with van der Waals surface area (Å²) >= 11 is 3.26. The third-order valence-electron chi connectivity index (χ3n) is 2.55. The van der Waals surface area contributed by atoms with E-state index in [4.69, 9.17) is 5.73 Å². The van der Waals surface area contributed by atoms with E-state index in [1.165, 1.54) is 12.1 Å². The fourth-order valence-corrected chi connectivity index (χ4v) is 2.18. The Balaban J connectivity index is 2.28. The van der Waals surface area contributed by atoms with Crippen molar-refractivity contribution in [1.29, 1.82) is 0 Å². The van der Waals surface area contributed by atoms with E-state index in [1.807, 2.05) is 6.92 Å². The number of carbonyl (C=O) groups is 1. The van der Waals surface area contributed by atoms with E-state index in [2.05, 4.69) is 21.2 Å². The number of benzene rings is 2. The van der Waals surface area contributed by atoms with Gasteiger partial charge in [0.05, 0.1) is 5.69 Å². The molecule has 0 radical (unpaired) electrons. The summed E-state index contributed by atoms with van der Waals surface area (Å²) in [6.07, 6.45) is 0. The monoisotopic (exact) mass is 322 g/mol. The first-order chi connectivity index (χ1) is 8.95. The lowest BCUT2D eigenvalue weighted by Crippen LogP contribution is -2.13. The third kappa shape index (κ3) is 3.32. The minimum atomic E-state index is -0.470. The second kappa shape index (κ2) is 5.40. The highest BCUT2D eigenvalue weighted by Crippen LogP contribution is 2.20. The van der Waals surface area contributed by atoms with Crippen molar-refractivity contribution in [2.24, 2.45) is 0 Å². The van der Waals surface area contributed by atoms with Crippen molar-refractivity contribution in [3.8, 4) is 0 Å². The average molecular weight is 323 g/mol. The number of aryl methyl sites for hydroxylation is 1. The summed E-state index contributed by atoms with van der Waals surface area (Å²) in [4.78, 5) is 12.0. The van der Waals surface area contributed by atoms with Gasteiger partial charge in [0, 0.05) is 15.7 Å². The Labute approximate surface area is 118 Å². The number of rotatable bonds is 2. The molecule has 98 valence electrons. The van der Waals surface area contributed by atoms with E-state index >= 15 is 0 Å². The molecule has 0 aliphatic rings.